The molecular weight excluding hydrogens is 166 g/mol. The van der Waals surface area contributed by atoms with Crippen LogP contribution in [0.2, 0.25) is 0 Å². The first-order valence-corrected chi connectivity index (χ1v) is 5.57. The molecule has 1 saturated carbocycles. The van der Waals surface area contributed by atoms with Gasteiger partial charge in [0.2, 0.25) is 0 Å². The summed E-state index contributed by atoms with van der Waals surface area (Å²) in [5.74, 6) is 1.62. The van der Waals surface area contributed by atoms with Gasteiger partial charge in [0.05, 0.1) is 5.01 Å². The number of hydrogen-bond donors (Lipinski definition) is 0. The van der Waals surface area contributed by atoms with Crippen molar-refractivity contribution >= 4 is 11.3 Å². The van der Waals surface area contributed by atoms with Crippen LogP contribution in [0, 0.1) is 12.8 Å². The van der Waals surface area contributed by atoms with E-state index in [1.165, 1.54) is 30.0 Å². The van der Waals surface area contributed by atoms with Crippen LogP contribution in [-0.4, -0.2) is 4.98 Å². The minimum atomic E-state index is 0.767. The maximum atomic E-state index is 4.56. The summed E-state index contributed by atoms with van der Waals surface area (Å²) in [6, 6.07) is 0. The molecule has 0 spiro atoms. The molecule has 1 fully saturated rings. The number of aryl methyl sites for hydroxylation is 1. The number of aromatic nitrogens is 1. The minimum absolute atomic E-state index is 0.767. The zero-order valence-corrected chi connectivity index (χ0v) is 8.53. The van der Waals surface area contributed by atoms with Crippen molar-refractivity contribution in [2.75, 3.05) is 0 Å². The molecule has 0 saturated heterocycles. The molecule has 2 heteroatoms. The minimum Gasteiger partial charge on any atom is -0.246 e. The van der Waals surface area contributed by atoms with Gasteiger partial charge >= 0.3 is 0 Å². The smallest absolute Gasteiger partial charge is 0.0961 e. The van der Waals surface area contributed by atoms with E-state index in [4.69, 9.17) is 0 Å². The number of nitrogens with zero attached hydrogens (tertiary/aromatic N) is 1. The number of thiazole rings is 1. The molecule has 0 aromatic carbocycles. The molecule has 2 unspecified atom stereocenters. The Morgan fingerprint density at radius 2 is 2.33 bits per heavy atom. The summed E-state index contributed by atoms with van der Waals surface area (Å²) in [5, 5.41) is 3.54. The summed E-state index contributed by atoms with van der Waals surface area (Å²) >= 11 is 1.84. The Kier molecular flexibility index (Phi) is 2.18. The third kappa shape index (κ3) is 1.40. The van der Waals surface area contributed by atoms with Crippen LogP contribution in [0.3, 0.4) is 0 Å². The lowest BCUT2D eigenvalue weighted by Gasteiger charge is -2.10. The fraction of sp³-hybridized carbons (Fsp3) is 0.700. The van der Waals surface area contributed by atoms with Gasteiger partial charge in [-0.2, -0.15) is 0 Å². The first-order chi connectivity index (χ1) is 5.77. The lowest BCUT2D eigenvalue weighted by atomic mass is 9.99. The third-order valence-corrected chi connectivity index (χ3v) is 3.91. The van der Waals surface area contributed by atoms with Crippen molar-refractivity contribution in [2.24, 2.45) is 5.92 Å². The Hall–Kier alpha value is -0.370. The predicted molar refractivity (Wildman–Crippen MR) is 52.6 cm³/mol. The maximum absolute atomic E-state index is 4.56. The molecule has 2 rings (SSSR count). The van der Waals surface area contributed by atoms with Gasteiger partial charge < -0.3 is 0 Å². The lowest BCUT2D eigenvalue weighted by Crippen LogP contribution is -2.01. The van der Waals surface area contributed by atoms with E-state index in [9.17, 15) is 0 Å². The molecule has 1 aromatic heterocycles. The maximum Gasteiger partial charge on any atom is 0.0961 e. The summed E-state index contributed by atoms with van der Waals surface area (Å²) < 4.78 is 0. The topological polar surface area (TPSA) is 12.9 Å². The molecule has 1 aromatic rings. The third-order valence-electron chi connectivity index (χ3n) is 2.82. The Morgan fingerprint density at radius 1 is 1.50 bits per heavy atom. The average molecular weight is 181 g/mol. The van der Waals surface area contributed by atoms with Crippen LogP contribution >= 0.6 is 11.3 Å². The van der Waals surface area contributed by atoms with Crippen LogP contribution in [-0.2, 0) is 0 Å². The summed E-state index contributed by atoms with van der Waals surface area (Å²) in [7, 11) is 0. The van der Waals surface area contributed by atoms with Crippen molar-refractivity contribution in [1.82, 2.24) is 4.98 Å². The molecule has 0 amide bonds. The first-order valence-electron chi connectivity index (χ1n) is 4.69. The lowest BCUT2D eigenvalue weighted by molar-refractivity contribution is 0.530. The van der Waals surface area contributed by atoms with E-state index in [1.807, 2.05) is 11.3 Å². The van der Waals surface area contributed by atoms with Crippen LogP contribution in [0.25, 0.3) is 0 Å². The highest BCUT2D eigenvalue weighted by molar-refractivity contribution is 7.09. The standard InChI is InChI=1S/C10H15NS/c1-7-4-3-5-9(7)10-11-8(2)6-12-10/h6-7,9H,3-5H2,1-2H3. The number of rotatable bonds is 1. The van der Waals surface area contributed by atoms with Gasteiger partial charge in [-0.3, -0.25) is 0 Å². The van der Waals surface area contributed by atoms with Gasteiger partial charge in [0, 0.05) is 17.0 Å². The molecule has 0 aliphatic heterocycles. The zero-order valence-electron chi connectivity index (χ0n) is 7.71. The highest BCUT2D eigenvalue weighted by Crippen LogP contribution is 2.40. The highest BCUT2D eigenvalue weighted by atomic mass is 32.1. The Balaban J connectivity index is 2.19. The van der Waals surface area contributed by atoms with Gasteiger partial charge in [-0.15, -0.1) is 11.3 Å². The SMILES string of the molecule is Cc1csc(C2CCCC2C)n1. The molecule has 1 heterocycles. The molecule has 0 bridgehead atoms. The average Bonchev–Trinajstić information content (AvgIpc) is 2.58. The van der Waals surface area contributed by atoms with Crippen molar-refractivity contribution in [3.63, 3.8) is 0 Å². The van der Waals surface area contributed by atoms with Crippen molar-refractivity contribution in [3.8, 4) is 0 Å². The van der Waals surface area contributed by atoms with E-state index < -0.39 is 0 Å². The largest absolute Gasteiger partial charge is 0.246 e. The second-order valence-electron chi connectivity index (χ2n) is 3.84. The van der Waals surface area contributed by atoms with Crippen LogP contribution in [0.5, 0.6) is 0 Å². The van der Waals surface area contributed by atoms with Gasteiger partial charge in [-0.25, -0.2) is 4.98 Å². The predicted octanol–water partition coefficient (Wildman–Crippen LogP) is 3.36. The van der Waals surface area contributed by atoms with Gasteiger partial charge in [-0.1, -0.05) is 19.8 Å². The molecule has 66 valence electrons. The van der Waals surface area contributed by atoms with Crippen molar-refractivity contribution < 1.29 is 0 Å². The van der Waals surface area contributed by atoms with E-state index in [0.717, 1.165) is 11.8 Å². The van der Waals surface area contributed by atoms with E-state index in [-0.39, 0.29) is 0 Å². The second-order valence-corrected chi connectivity index (χ2v) is 4.73. The quantitative estimate of drug-likeness (QED) is 0.647. The summed E-state index contributed by atoms with van der Waals surface area (Å²) in [6.45, 7) is 4.44. The van der Waals surface area contributed by atoms with Crippen molar-refractivity contribution in [2.45, 2.75) is 39.0 Å². The van der Waals surface area contributed by atoms with Gasteiger partial charge in [0.15, 0.2) is 0 Å². The fourth-order valence-corrected chi connectivity index (χ4v) is 3.12. The number of hydrogen-bond acceptors (Lipinski definition) is 2. The summed E-state index contributed by atoms with van der Waals surface area (Å²) in [5.41, 5.74) is 1.19. The Labute approximate surface area is 77.8 Å². The van der Waals surface area contributed by atoms with E-state index in [2.05, 4.69) is 24.2 Å². The normalized spacial score (nSPS) is 29.5. The molecule has 1 aliphatic carbocycles. The Bertz CT molecular complexity index is 267. The van der Waals surface area contributed by atoms with Crippen LogP contribution < -0.4 is 0 Å². The van der Waals surface area contributed by atoms with Gasteiger partial charge in [-0.05, 0) is 19.3 Å². The van der Waals surface area contributed by atoms with Crippen LogP contribution in [0.15, 0.2) is 5.38 Å². The summed E-state index contributed by atoms with van der Waals surface area (Å²) in [6.07, 6.45) is 4.14. The molecule has 1 aliphatic rings. The van der Waals surface area contributed by atoms with Gasteiger partial charge in [0.25, 0.3) is 0 Å². The molecule has 0 N–H and O–H groups in total. The van der Waals surface area contributed by atoms with E-state index >= 15 is 0 Å². The van der Waals surface area contributed by atoms with Crippen LogP contribution in [0.4, 0.5) is 0 Å². The van der Waals surface area contributed by atoms with E-state index in [1.54, 1.807) is 0 Å². The van der Waals surface area contributed by atoms with Gasteiger partial charge in [0.1, 0.15) is 0 Å². The molecule has 2 atom stereocenters. The fourth-order valence-electron chi connectivity index (χ4n) is 2.05. The zero-order chi connectivity index (χ0) is 8.55. The molecule has 12 heavy (non-hydrogen) atoms. The van der Waals surface area contributed by atoms with Crippen LogP contribution in [0.1, 0.15) is 42.8 Å². The monoisotopic (exact) mass is 181 g/mol. The van der Waals surface area contributed by atoms with E-state index in [0.29, 0.717) is 0 Å². The van der Waals surface area contributed by atoms with Crippen molar-refractivity contribution in [3.05, 3.63) is 16.1 Å². The second kappa shape index (κ2) is 3.17. The van der Waals surface area contributed by atoms with Crippen molar-refractivity contribution in [1.29, 1.82) is 0 Å². The molecule has 1 nitrogen and oxygen atoms in total. The Morgan fingerprint density at radius 3 is 2.83 bits per heavy atom. The summed E-state index contributed by atoms with van der Waals surface area (Å²) in [4.78, 5) is 4.56. The highest BCUT2D eigenvalue weighted by Gasteiger charge is 2.26. The molecular formula is C10H15NS. The first kappa shape index (κ1) is 8.24. The molecule has 0 radical (unpaired) electrons.